The van der Waals surface area contributed by atoms with Crippen molar-refractivity contribution in [3.8, 4) is 0 Å². The van der Waals surface area contributed by atoms with E-state index in [0.29, 0.717) is 0 Å². The van der Waals surface area contributed by atoms with Gasteiger partial charge in [0.1, 0.15) is 5.82 Å². The average molecular weight is 182 g/mol. The number of carboxylic acids is 1. The Bertz CT molecular complexity index is 305. The summed E-state index contributed by atoms with van der Waals surface area (Å²) in [7, 11) is 1.86. The number of nitrogens with zero attached hydrogens (tertiary/aromatic N) is 2. The van der Waals surface area contributed by atoms with Crippen molar-refractivity contribution < 1.29 is 9.90 Å². The van der Waals surface area contributed by atoms with E-state index in [1.54, 1.807) is 6.20 Å². The number of hydrogen-bond acceptors (Lipinski definition) is 2. The minimum absolute atomic E-state index is 0.0488. The summed E-state index contributed by atoms with van der Waals surface area (Å²) in [5.41, 5.74) is 0.760. The number of carbonyl (C=O) groups is 1. The summed E-state index contributed by atoms with van der Waals surface area (Å²) in [6.07, 6.45) is 3.61. The number of aliphatic carboxylic acids is 1. The summed E-state index contributed by atoms with van der Waals surface area (Å²) < 4.78 is 1.86. The molecule has 0 aromatic carbocycles. The Hall–Kier alpha value is -1.32. The fourth-order valence-electron chi connectivity index (χ4n) is 1.26. The summed E-state index contributed by atoms with van der Waals surface area (Å²) in [6.45, 7) is 2.07. The summed E-state index contributed by atoms with van der Waals surface area (Å²) in [4.78, 5) is 14.6. The zero-order chi connectivity index (χ0) is 9.84. The normalized spacial score (nSPS) is 10.3. The Morgan fingerprint density at radius 3 is 2.92 bits per heavy atom. The van der Waals surface area contributed by atoms with Crippen LogP contribution >= 0.6 is 0 Å². The maximum Gasteiger partial charge on any atom is 0.309 e. The molecule has 0 spiro atoms. The van der Waals surface area contributed by atoms with Crippen molar-refractivity contribution in [3.05, 3.63) is 17.7 Å². The van der Waals surface area contributed by atoms with Gasteiger partial charge < -0.3 is 9.67 Å². The zero-order valence-electron chi connectivity index (χ0n) is 7.95. The quantitative estimate of drug-likeness (QED) is 0.755. The molecule has 0 saturated carbocycles. The first-order valence-corrected chi connectivity index (χ1v) is 4.36. The highest BCUT2D eigenvalue weighted by molar-refractivity contribution is 5.69. The van der Waals surface area contributed by atoms with Crippen LogP contribution in [-0.4, -0.2) is 20.6 Å². The maximum atomic E-state index is 10.4. The van der Waals surface area contributed by atoms with Crippen molar-refractivity contribution >= 4 is 5.97 Å². The predicted octanol–water partition coefficient (Wildman–Crippen LogP) is 1.000. The molecule has 0 aliphatic carbocycles. The predicted molar refractivity (Wildman–Crippen MR) is 48.5 cm³/mol. The molecule has 72 valence electrons. The molecule has 1 heterocycles. The van der Waals surface area contributed by atoms with Crippen LogP contribution in [0.25, 0.3) is 0 Å². The summed E-state index contributed by atoms with van der Waals surface area (Å²) in [5.74, 6) is 0.143. The van der Waals surface area contributed by atoms with Crippen molar-refractivity contribution in [3.63, 3.8) is 0 Å². The molecule has 0 amide bonds. The van der Waals surface area contributed by atoms with Crippen molar-refractivity contribution in [1.29, 1.82) is 0 Å². The minimum Gasteiger partial charge on any atom is -0.481 e. The first-order valence-electron chi connectivity index (χ1n) is 4.36. The second kappa shape index (κ2) is 4.07. The lowest BCUT2D eigenvalue weighted by Gasteiger charge is -2.02. The molecule has 13 heavy (non-hydrogen) atoms. The Labute approximate surface area is 77.2 Å². The molecule has 1 aromatic rings. The third-order valence-electron chi connectivity index (χ3n) is 1.99. The molecule has 1 rings (SSSR count). The van der Waals surface area contributed by atoms with Crippen LogP contribution in [0.5, 0.6) is 0 Å². The molecule has 4 heteroatoms. The molecule has 0 unspecified atom stereocenters. The van der Waals surface area contributed by atoms with Gasteiger partial charge in [-0.05, 0) is 6.42 Å². The highest BCUT2D eigenvalue weighted by Crippen LogP contribution is 2.05. The van der Waals surface area contributed by atoms with E-state index in [1.807, 2.05) is 11.6 Å². The summed E-state index contributed by atoms with van der Waals surface area (Å²) in [6, 6.07) is 0. The zero-order valence-corrected chi connectivity index (χ0v) is 7.95. The van der Waals surface area contributed by atoms with Gasteiger partial charge in [0.25, 0.3) is 0 Å². The molecular weight excluding hydrogens is 168 g/mol. The Balaban J connectivity index is 2.79. The molecule has 1 N–H and O–H groups in total. The number of imidazole rings is 1. The second-order valence-electron chi connectivity index (χ2n) is 3.05. The van der Waals surface area contributed by atoms with Crippen molar-refractivity contribution in [1.82, 2.24) is 9.55 Å². The molecule has 0 radical (unpaired) electrons. The fourth-order valence-corrected chi connectivity index (χ4v) is 1.26. The number of aryl methyl sites for hydroxylation is 1. The van der Waals surface area contributed by atoms with Crippen molar-refractivity contribution in [2.45, 2.75) is 26.2 Å². The average Bonchev–Trinajstić information content (AvgIpc) is 2.36. The third-order valence-corrected chi connectivity index (χ3v) is 1.99. The Morgan fingerprint density at radius 1 is 1.69 bits per heavy atom. The van der Waals surface area contributed by atoms with Gasteiger partial charge in [0.15, 0.2) is 0 Å². The van der Waals surface area contributed by atoms with Crippen LogP contribution in [0.15, 0.2) is 6.20 Å². The molecule has 0 aliphatic heterocycles. The van der Waals surface area contributed by atoms with Gasteiger partial charge in [0, 0.05) is 25.4 Å². The summed E-state index contributed by atoms with van der Waals surface area (Å²) >= 11 is 0. The van der Waals surface area contributed by atoms with Gasteiger partial charge in [-0.3, -0.25) is 4.79 Å². The van der Waals surface area contributed by atoms with Gasteiger partial charge in [-0.15, -0.1) is 0 Å². The lowest BCUT2D eigenvalue weighted by atomic mass is 10.3. The van der Waals surface area contributed by atoms with Crippen LogP contribution in [0.3, 0.4) is 0 Å². The number of carboxylic acid groups (broad SMARTS) is 1. The third kappa shape index (κ3) is 2.31. The van der Waals surface area contributed by atoms with E-state index in [4.69, 9.17) is 5.11 Å². The van der Waals surface area contributed by atoms with E-state index in [-0.39, 0.29) is 6.42 Å². The van der Waals surface area contributed by atoms with Gasteiger partial charge in [0.05, 0.1) is 6.42 Å². The van der Waals surface area contributed by atoms with E-state index in [9.17, 15) is 4.79 Å². The highest BCUT2D eigenvalue weighted by Gasteiger charge is 2.08. The first-order chi connectivity index (χ1) is 6.15. The molecule has 0 atom stereocenters. The van der Waals surface area contributed by atoms with Gasteiger partial charge in [-0.25, -0.2) is 4.98 Å². The van der Waals surface area contributed by atoms with Gasteiger partial charge in [0.2, 0.25) is 0 Å². The highest BCUT2D eigenvalue weighted by atomic mass is 16.4. The van der Waals surface area contributed by atoms with E-state index >= 15 is 0 Å². The Morgan fingerprint density at radius 2 is 2.38 bits per heavy atom. The van der Waals surface area contributed by atoms with E-state index in [0.717, 1.165) is 24.4 Å². The van der Waals surface area contributed by atoms with Crippen molar-refractivity contribution in [2.75, 3.05) is 0 Å². The van der Waals surface area contributed by atoms with Gasteiger partial charge >= 0.3 is 5.97 Å². The number of aromatic nitrogens is 2. The van der Waals surface area contributed by atoms with Crippen LogP contribution in [0.1, 0.15) is 24.9 Å². The molecule has 0 fully saturated rings. The molecule has 0 bridgehead atoms. The Kier molecular flexibility index (Phi) is 3.06. The number of hydrogen-bond donors (Lipinski definition) is 1. The SMILES string of the molecule is CCCc1ncc(CC(=O)O)n1C. The topological polar surface area (TPSA) is 55.1 Å². The molecule has 4 nitrogen and oxygen atoms in total. The largest absolute Gasteiger partial charge is 0.481 e. The lowest BCUT2D eigenvalue weighted by molar-refractivity contribution is -0.136. The van der Waals surface area contributed by atoms with Gasteiger partial charge in [-0.1, -0.05) is 6.92 Å². The molecular formula is C9H14N2O2. The van der Waals surface area contributed by atoms with Crippen LogP contribution in [0.4, 0.5) is 0 Å². The molecule has 1 aromatic heterocycles. The maximum absolute atomic E-state index is 10.4. The molecule has 0 aliphatic rings. The lowest BCUT2D eigenvalue weighted by Crippen LogP contribution is -2.07. The molecule has 0 saturated heterocycles. The fraction of sp³-hybridized carbons (Fsp3) is 0.556. The van der Waals surface area contributed by atoms with Crippen LogP contribution < -0.4 is 0 Å². The van der Waals surface area contributed by atoms with Crippen LogP contribution in [-0.2, 0) is 24.7 Å². The monoisotopic (exact) mass is 182 g/mol. The minimum atomic E-state index is -0.814. The number of rotatable bonds is 4. The first kappa shape index (κ1) is 9.77. The van der Waals surface area contributed by atoms with E-state index in [1.165, 1.54) is 0 Å². The van der Waals surface area contributed by atoms with Gasteiger partial charge in [-0.2, -0.15) is 0 Å². The van der Waals surface area contributed by atoms with Crippen LogP contribution in [0, 0.1) is 0 Å². The van der Waals surface area contributed by atoms with E-state index in [2.05, 4.69) is 11.9 Å². The smallest absolute Gasteiger partial charge is 0.309 e. The standard InChI is InChI=1S/C9H14N2O2/c1-3-4-8-10-6-7(11(8)2)5-9(12)13/h6H,3-5H2,1-2H3,(H,12,13). The van der Waals surface area contributed by atoms with E-state index < -0.39 is 5.97 Å². The summed E-state index contributed by atoms with van der Waals surface area (Å²) in [5, 5.41) is 8.59. The second-order valence-corrected chi connectivity index (χ2v) is 3.05. The van der Waals surface area contributed by atoms with Crippen LogP contribution in [0.2, 0.25) is 0 Å². The van der Waals surface area contributed by atoms with Crippen molar-refractivity contribution in [2.24, 2.45) is 7.05 Å².